The van der Waals surface area contributed by atoms with Crippen molar-refractivity contribution in [3.8, 4) is 5.75 Å². The van der Waals surface area contributed by atoms with Gasteiger partial charge in [0.25, 0.3) is 0 Å². The second-order valence-corrected chi connectivity index (χ2v) is 7.81. The Morgan fingerprint density at radius 2 is 2.11 bits per heavy atom. The minimum absolute atomic E-state index is 0.0679. The van der Waals surface area contributed by atoms with Crippen LogP contribution in [0.5, 0.6) is 5.75 Å². The van der Waals surface area contributed by atoms with E-state index >= 15 is 0 Å². The van der Waals surface area contributed by atoms with Crippen LogP contribution < -0.4 is 10.1 Å². The Morgan fingerprint density at radius 1 is 1.39 bits per heavy atom. The Labute approximate surface area is 170 Å². The van der Waals surface area contributed by atoms with Gasteiger partial charge >= 0.3 is 0 Å². The molecule has 2 N–H and O–H groups in total. The maximum absolute atomic E-state index is 13.5. The smallest absolute Gasteiger partial charge is 0.237 e. The number of ether oxygens (including phenoxy) is 1. The molecule has 2 aromatic rings. The number of likely N-dealkylation sites (tertiary alicyclic amines) is 1. The van der Waals surface area contributed by atoms with E-state index in [2.05, 4.69) is 35.1 Å². The maximum Gasteiger partial charge on any atom is 0.237 e. The van der Waals surface area contributed by atoms with E-state index in [0.717, 1.165) is 11.1 Å². The van der Waals surface area contributed by atoms with Crippen molar-refractivity contribution < 1.29 is 14.6 Å². The number of carbonyl (C=O) groups excluding carboxylic acids is 1. The van der Waals surface area contributed by atoms with Crippen molar-refractivity contribution in [2.24, 2.45) is 0 Å². The molecule has 3 rings (SSSR count). The highest BCUT2D eigenvalue weighted by molar-refractivity contribution is 6.29. The molecule has 1 fully saturated rings. The SMILES string of the molecule is COc1cc(Cl)ncc1NC(=O)C1(c2ccccc2C(C)C)CN(CCO)C1. The van der Waals surface area contributed by atoms with Crippen molar-refractivity contribution >= 4 is 23.2 Å². The fourth-order valence-electron chi connectivity index (χ4n) is 3.81. The molecule has 1 aliphatic rings. The van der Waals surface area contributed by atoms with Crippen LogP contribution in [0.15, 0.2) is 36.5 Å². The van der Waals surface area contributed by atoms with Gasteiger partial charge < -0.3 is 15.2 Å². The summed E-state index contributed by atoms with van der Waals surface area (Å²) in [6.45, 7) is 5.96. The van der Waals surface area contributed by atoms with Crippen LogP contribution in [0, 0.1) is 0 Å². The van der Waals surface area contributed by atoms with E-state index in [9.17, 15) is 9.90 Å². The number of nitrogens with one attached hydrogen (secondary N) is 1. The number of benzene rings is 1. The van der Waals surface area contributed by atoms with Crippen LogP contribution in [0.1, 0.15) is 30.9 Å². The lowest BCUT2D eigenvalue weighted by atomic mass is 9.69. The quantitative estimate of drug-likeness (QED) is 0.695. The third-order valence-corrected chi connectivity index (χ3v) is 5.44. The summed E-state index contributed by atoms with van der Waals surface area (Å²) in [5.74, 6) is 0.642. The highest BCUT2D eigenvalue weighted by Crippen LogP contribution is 2.40. The van der Waals surface area contributed by atoms with Crippen molar-refractivity contribution in [2.45, 2.75) is 25.2 Å². The molecule has 0 atom stereocenters. The second kappa shape index (κ2) is 8.47. The monoisotopic (exact) mass is 403 g/mol. The van der Waals surface area contributed by atoms with E-state index < -0.39 is 5.41 Å². The Kier molecular flexibility index (Phi) is 6.23. The number of amides is 1. The predicted octanol–water partition coefficient (Wildman–Crippen LogP) is 3.05. The Bertz CT molecular complexity index is 851. The number of hydrogen-bond acceptors (Lipinski definition) is 5. The minimum atomic E-state index is -0.694. The molecule has 1 aliphatic heterocycles. The number of carbonyl (C=O) groups is 1. The van der Waals surface area contributed by atoms with Crippen LogP contribution >= 0.6 is 11.6 Å². The molecule has 6 nitrogen and oxygen atoms in total. The van der Waals surface area contributed by atoms with Crippen LogP contribution in [0.25, 0.3) is 0 Å². The topological polar surface area (TPSA) is 74.7 Å². The van der Waals surface area contributed by atoms with Crippen LogP contribution in [-0.2, 0) is 10.2 Å². The largest absolute Gasteiger partial charge is 0.494 e. The summed E-state index contributed by atoms with van der Waals surface area (Å²) in [4.78, 5) is 19.6. The van der Waals surface area contributed by atoms with Gasteiger partial charge in [-0.15, -0.1) is 0 Å². The molecule has 2 heterocycles. The van der Waals surface area contributed by atoms with Crippen molar-refractivity contribution in [2.75, 3.05) is 38.7 Å². The van der Waals surface area contributed by atoms with Crippen LogP contribution in [0.3, 0.4) is 0 Å². The molecule has 1 amide bonds. The molecule has 0 bridgehead atoms. The summed E-state index contributed by atoms with van der Waals surface area (Å²) in [5, 5.41) is 12.6. The summed E-state index contributed by atoms with van der Waals surface area (Å²) in [6, 6.07) is 9.65. The number of hydrogen-bond donors (Lipinski definition) is 2. The minimum Gasteiger partial charge on any atom is -0.494 e. The number of aliphatic hydroxyl groups is 1. The van der Waals surface area contributed by atoms with Crippen molar-refractivity contribution in [1.82, 2.24) is 9.88 Å². The number of aromatic nitrogens is 1. The first-order valence-electron chi connectivity index (χ1n) is 9.35. The predicted molar refractivity (Wildman–Crippen MR) is 110 cm³/mol. The van der Waals surface area contributed by atoms with E-state index in [1.54, 1.807) is 6.07 Å². The van der Waals surface area contributed by atoms with E-state index in [-0.39, 0.29) is 12.5 Å². The summed E-state index contributed by atoms with van der Waals surface area (Å²) >= 11 is 5.93. The number of anilines is 1. The van der Waals surface area contributed by atoms with E-state index in [4.69, 9.17) is 16.3 Å². The second-order valence-electron chi connectivity index (χ2n) is 7.42. The normalized spacial score (nSPS) is 15.9. The summed E-state index contributed by atoms with van der Waals surface area (Å²) < 4.78 is 5.34. The van der Waals surface area contributed by atoms with Gasteiger partial charge in [-0.05, 0) is 17.0 Å². The van der Waals surface area contributed by atoms with Gasteiger partial charge in [-0.1, -0.05) is 49.7 Å². The molecule has 1 aromatic heterocycles. The van der Waals surface area contributed by atoms with Gasteiger partial charge in [0.2, 0.25) is 5.91 Å². The molecule has 0 spiro atoms. The molecule has 0 radical (unpaired) electrons. The van der Waals surface area contributed by atoms with Gasteiger partial charge in [0.15, 0.2) is 0 Å². The summed E-state index contributed by atoms with van der Waals surface area (Å²) in [6.07, 6.45) is 1.51. The lowest BCUT2D eigenvalue weighted by Crippen LogP contribution is -2.65. The first-order valence-corrected chi connectivity index (χ1v) is 9.72. The molecule has 150 valence electrons. The van der Waals surface area contributed by atoms with Crippen molar-refractivity contribution in [3.63, 3.8) is 0 Å². The molecule has 1 aromatic carbocycles. The molecule has 7 heteroatoms. The molecular weight excluding hydrogens is 378 g/mol. The lowest BCUT2D eigenvalue weighted by molar-refractivity contribution is -0.128. The number of aliphatic hydroxyl groups excluding tert-OH is 1. The molecule has 0 saturated carbocycles. The first kappa shape index (κ1) is 20.6. The average Bonchev–Trinajstić information content (AvgIpc) is 2.65. The number of halogens is 1. The van der Waals surface area contributed by atoms with Crippen molar-refractivity contribution in [1.29, 1.82) is 0 Å². The Morgan fingerprint density at radius 3 is 2.75 bits per heavy atom. The van der Waals surface area contributed by atoms with Gasteiger partial charge in [0, 0.05) is 25.7 Å². The fraction of sp³-hybridized carbons (Fsp3) is 0.429. The van der Waals surface area contributed by atoms with Gasteiger partial charge in [0.1, 0.15) is 16.6 Å². The fourth-order valence-corrected chi connectivity index (χ4v) is 3.95. The zero-order valence-corrected chi connectivity index (χ0v) is 17.2. The highest BCUT2D eigenvalue weighted by Gasteiger charge is 2.51. The van der Waals surface area contributed by atoms with Gasteiger partial charge in [-0.25, -0.2) is 4.98 Å². The molecule has 1 saturated heterocycles. The standard InChI is InChI=1S/C21H26ClN3O3/c1-14(2)15-6-4-5-7-16(15)21(12-25(13-21)8-9-26)20(27)24-17-11-23-19(22)10-18(17)28-3/h4-7,10-11,14,26H,8-9,12-13H2,1-3H3,(H,24,27). The van der Waals surface area contributed by atoms with Gasteiger partial charge in [-0.3, -0.25) is 9.69 Å². The van der Waals surface area contributed by atoms with Gasteiger partial charge in [0.05, 0.1) is 25.3 Å². The van der Waals surface area contributed by atoms with Crippen LogP contribution in [0.4, 0.5) is 5.69 Å². The molecular formula is C21H26ClN3O3. The number of nitrogens with zero attached hydrogens (tertiary/aromatic N) is 2. The number of pyridine rings is 1. The third kappa shape index (κ3) is 3.85. The third-order valence-electron chi connectivity index (χ3n) is 5.24. The number of methoxy groups -OCH3 is 1. The van der Waals surface area contributed by atoms with Crippen LogP contribution in [-0.4, -0.2) is 54.2 Å². The Balaban J connectivity index is 1.97. The van der Waals surface area contributed by atoms with E-state index in [1.807, 2.05) is 18.2 Å². The van der Waals surface area contributed by atoms with Gasteiger partial charge in [-0.2, -0.15) is 0 Å². The molecule has 0 unspecified atom stereocenters. The summed E-state index contributed by atoms with van der Waals surface area (Å²) in [5.41, 5.74) is 1.97. The summed E-state index contributed by atoms with van der Waals surface area (Å²) in [7, 11) is 1.53. The highest BCUT2D eigenvalue weighted by atomic mass is 35.5. The zero-order chi connectivity index (χ0) is 20.3. The Hall–Kier alpha value is -2.15. The van der Waals surface area contributed by atoms with Crippen LogP contribution in [0.2, 0.25) is 5.15 Å². The van der Waals surface area contributed by atoms with E-state index in [0.29, 0.717) is 42.1 Å². The lowest BCUT2D eigenvalue weighted by Gasteiger charge is -2.50. The average molecular weight is 404 g/mol. The zero-order valence-electron chi connectivity index (χ0n) is 16.4. The molecule has 0 aliphatic carbocycles. The molecule has 28 heavy (non-hydrogen) atoms. The number of rotatable bonds is 7. The van der Waals surface area contributed by atoms with Crippen molar-refractivity contribution in [3.05, 3.63) is 52.8 Å². The van der Waals surface area contributed by atoms with E-state index in [1.165, 1.54) is 13.3 Å². The maximum atomic E-state index is 13.5. The number of β-amino-alcohol motifs (C(OH)–C–C–N with tert-alkyl or cyclic N) is 1. The first-order chi connectivity index (χ1) is 13.4.